The summed E-state index contributed by atoms with van der Waals surface area (Å²) in [5.41, 5.74) is -0.0372. The smallest absolute Gasteiger partial charge is 0.335 e. The van der Waals surface area contributed by atoms with E-state index in [1.165, 1.54) is 37.6 Å². The van der Waals surface area contributed by atoms with Gasteiger partial charge in [0.05, 0.1) is 17.8 Å². The van der Waals surface area contributed by atoms with Crippen LogP contribution in [0.5, 0.6) is 0 Å². The van der Waals surface area contributed by atoms with Crippen molar-refractivity contribution in [1.29, 1.82) is 0 Å². The number of unbranched alkanes of at least 4 members (excludes halogenated alkanes) is 1. The number of carboxylic acid groups (broad SMARTS) is 2. The van der Waals surface area contributed by atoms with Crippen LogP contribution < -0.4 is 0 Å². The molecule has 0 bridgehead atoms. The summed E-state index contributed by atoms with van der Waals surface area (Å²) in [7, 11) is 2.10. The first kappa shape index (κ1) is 17.6. The summed E-state index contributed by atoms with van der Waals surface area (Å²) < 4.78 is 0. The van der Waals surface area contributed by atoms with Crippen LogP contribution in [-0.4, -0.2) is 52.2 Å². The Bertz CT molecular complexity index is 513. The van der Waals surface area contributed by atoms with Crippen LogP contribution in [0.25, 0.3) is 0 Å². The molecule has 0 saturated heterocycles. The normalized spacial score (nSPS) is 12.8. The number of hydrogen-bond acceptors (Lipinski definition) is 4. The third-order valence-corrected chi connectivity index (χ3v) is 3.09. The first-order valence-corrected chi connectivity index (χ1v) is 7.13. The molecule has 1 aromatic rings. The third-order valence-electron chi connectivity index (χ3n) is 3.09. The lowest BCUT2D eigenvalue weighted by molar-refractivity contribution is 0.0696. The average molecular weight is 306 g/mol. The standard InChI is InChI=1S/C8H16N2.C8H6O4/c1-3-4-5-10-7-6-9(2)8-10;9-7(10)5-2-1-3-6(4-5)8(11)12/h6-7H,3-5,8H2,1-2H3;1-4H,(H,9,10)(H,11,12). The van der Waals surface area contributed by atoms with Crippen LogP contribution in [0.1, 0.15) is 40.5 Å². The van der Waals surface area contributed by atoms with Gasteiger partial charge in [-0.2, -0.15) is 0 Å². The first-order valence-electron chi connectivity index (χ1n) is 7.13. The molecule has 0 unspecified atom stereocenters. The van der Waals surface area contributed by atoms with Gasteiger partial charge in [-0.3, -0.25) is 0 Å². The second-order valence-electron chi connectivity index (χ2n) is 5.05. The minimum Gasteiger partial charge on any atom is -0.478 e. The summed E-state index contributed by atoms with van der Waals surface area (Å²) in [4.78, 5) is 25.3. The number of benzene rings is 1. The van der Waals surface area contributed by atoms with Crippen LogP contribution in [-0.2, 0) is 0 Å². The molecule has 1 aliphatic heterocycles. The summed E-state index contributed by atoms with van der Waals surface area (Å²) in [6.45, 7) is 4.50. The van der Waals surface area contributed by atoms with Crippen molar-refractivity contribution >= 4 is 11.9 Å². The van der Waals surface area contributed by atoms with E-state index in [2.05, 4.69) is 36.2 Å². The largest absolute Gasteiger partial charge is 0.478 e. The van der Waals surface area contributed by atoms with Crippen molar-refractivity contribution in [2.24, 2.45) is 0 Å². The SMILES string of the molecule is CCCCN1C=CN(C)C1.O=C(O)c1cccc(C(=O)O)c1. The van der Waals surface area contributed by atoms with E-state index in [1.807, 2.05) is 0 Å². The highest BCUT2D eigenvalue weighted by Gasteiger charge is 2.07. The minimum absolute atomic E-state index is 0.0186. The quantitative estimate of drug-likeness (QED) is 0.870. The lowest BCUT2D eigenvalue weighted by atomic mass is 10.1. The maximum Gasteiger partial charge on any atom is 0.335 e. The number of carbonyl (C=O) groups is 2. The Morgan fingerprint density at radius 2 is 1.73 bits per heavy atom. The summed E-state index contributed by atoms with van der Waals surface area (Å²) in [6, 6.07) is 5.20. The van der Waals surface area contributed by atoms with Gasteiger partial charge < -0.3 is 20.0 Å². The second-order valence-corrected chi connectivity index (χ2v) is 5.05. The van der Waals surface area contributed by atoms with Crippen LogP contribution in [0.15, 0.2) is 36.7 Å². The molecule has 1 heterocycles. The number of nitrogens with zero attached hydrogens (tertiary/aromatic N) is 2. The topological polar surface area (TPSA) is 81.1 Å². The minimum atomic E-state index is -1.13. The lowest BCUT2D eigenvalue weighted by Gasteiger charge is -2.17. The Morgan fingerprint density at radius 3 is 2.14 bits per heavy atom. The van der Waals surface area contributed by atoms with Gasteiger partial charge in [0.2, 0.25) is 0 Å². The van der Waals surface area contributed by atoms with Crippen LogP contribution in [0.3, 0.4) is 0 Å². The van der Waals surface area contributed by atoms with Crippen molar-refractivity contribution in [3.05, 3.63) is 47.8 Å². The highest BCUT2D eigenvalue weighted by molar-refractivity contribution is 5.93. The second kappa shape index (κ2) is 8.71. The molecule has 0 fully saturated rings. The molecule has 0 saturated carbocycles. The fourth-order valence-electron chi connectivity index (χ4n) is 1.88. The van der Waals surface area contributed by atoms with Crippen LogP contribution in [0, 0.1) is 0 Å². The average Bonchev–Trinajstić information content (AvgIpc) is 2.91. The third kappa shape index (κ3) is 5.87. The maximum atomic E-state index is 10.4. The van der Waals surface area contributed by atoms with Gasteiger partial charge in [0.1, 0.15) is 0 Å². The fourth-order valence-corrected chi connectivity index (χ4v) is 1.88. The molecule has 0 aliphatic carbocycles. The monoisotopic (exact) mass is 306 g/mol. The Kier molecular flexibility index (Phi) is 6.95. The van der Waals surface area contributed by atoms with Crippen molar-refractivity contribution in [3.8, 4) is 0 Å². The summed E-state index contributed by atoms with van der Waals surface area (Å²) in [5.74, 6) is -2.25. The molecular formula is C16H22N2O4. The van der Waals surface area contributed by atoms with E-state index in [4.69, 9.17) is 10.2 Å². The fraction of sp³-hybridized carbons (Fsp3) is 0.375. The molecule has 2 N–H and O–H groups in total. The van der Waals surface area contributed by atoms with Crippen LogP contribution in [0.4, 0.5) is 0 Å². The lowest BCUT2D eigenvalue weighted by Crippen LogP contribution is -2.23. The van der Waals surface area contributed by atoms with Gasteiger partial charge in [-0.05, 0) is 24.6 Å². The number of hydrogen-bond donors (Lipinski definition) is 2. The maximum absolute atomic E-state index is 10.4. The van der Waals surface area contributed by atoms with Gasteiger partial charge >= 0.3 is 11.9 Å². The molecule has 0 spiro atoms. The molecule has 6 heteroatoms. The summed E-state index contributed by atoms with van der Waals surface area (Å²) >= 11 is 0. The van der Waals surface area contributed by atoms with Gasteiger partial charge in [-0.15, -0.1) is 0 Å². The zero-order valence-corrected chi connectivity index (χ0v) is 12.9. The van der Waals surface area contributed by atoms with Crippen molar-refractivity contribution in [2.75, 3.05) is 20.3 Å². The van der Waals surface area contributed by atoms with Crippen molar-refractivity contribution in [3.63, 3.8) is 0 Å². The number of aromatic carboxylic acids is 2. The predicted octanol–water partition coefficient (Wildman–Crippen LogP) is 2.55. The van der Waals surface area contributed by atoms with Gasteiger partial charge in [0, 0.05) is 26.0 Å². The predicted molar refractivity (Wildman–Crippen MR) is 83.7 cm³/mol. The van der Waals surface area contributed by atoms with E-state index in [9.17, 15) is 9.59 Å². The zero-order valence-electron chi connectivity index (χ0n) is 12.9. The molecule has 1 aliphatic rings. The van der Waals surface area contributed by atoms with E-state index < -0.39 is 11.9 Å². The molecular weight excluding hydrogens is 284 g/mol. The molecule has 0 aromatic heterocycles. The molecule has 1 aromatic carbocycles. The Balaban J connectivity index is 0.000000224. The summed E-state index contributed by atoms with van der Waals surface area (Å²) in [5, 5.41) is 17.0. The molecule has 0 amide bonds. The van der Waals surface area contributed by atoms with Crippen molar-refractivity contribution in [1.82, 2.24) is 9.80 Å². The molecule has 0 atom stereocenters. The Labute approximate surface area is 130 Å². The van der Waals surface area contributed by atoms with Gasteiger partial charge in [0.25, 0.3) is 0 Å². The molecule has 120 valence electrons. The van der Waals surface area contributed by atoms with E-state index >= 15 is 0 Å². The van der Waals surface area contributed by atoms with E-state index in [0.29, 0.717) is 0 Å². The van der Waals surface area contributed by atoms with Gasteiger partial charge in [-0.1, -0.05) is 19.4 Å². The van der Waals surface area contributed by atoms with E-state index in [0.717, 1.165) is 12.7 Å². The molecule has 6 nitrogen and oxygen atoms in total. The van der Waals surface area contributed by atoms with Gasteiger partial charge in [-0.25, -0.2) is 9.59 Å². The Hall–Kier alpha value is -2.50. The Morgan fingerprint density at radius 1 is 1.14 bits per heavy atom. The highest BCUT2D eigenvalue weighted by Crippen LogP contribution is 2.05. The molecule has 2 rings (SSSR count). The summed E-state index contributed by atoms with van der Waals surface area (Å²) in [6.07, 6.45) is 6.87. The van der Waals surface area contributed by atoms with Crippen LogP contribution in [0.2, 0.25) is 0 Å². The molecule has 22 heavy (non-hydrogen) atoms. The molecule has 0 radical (unpaired) electrons. The van der Waals surface area contributed by atoms with Gasteiger partial charge in [0.15, 0.2) is 0 Å². The first-order chi connectivity index (χ1) is 10.4. The zero-order chi connectivity index (χ0) is 16.5. The van der Waals surface area contributed by atoms with E-state index in [-0.39, 0.29) is 11.1 Å². The number of rotatable bonds is 5. The van der Waals surface area contributed by atoms with Crippen molar-refractivity contribution < 1.29 is 19.8 Å². The van der Waals surface area contributed by atoms with Crippen LogP contribution >= 0.6 is 0 Å². The van der Waals surface area contributed by atoms with Crippen molar-refractivity contribution in [2.45, 2.75) is 19.8 Å². The number of carboxylic acids is 2. The highest BCUT2D eigenvalue weighted by atomic mass is 16.4. The van der Waals surface area contributed by atoms with E-state index in [1.54, 1.807) is 0 Å².